The van der Waals surface area contributed by atoms with Crippen molar-refractivity contribution in [3.63, 3.8) is 0 Å². The van der Waals surface area contributed by atoms with Crippen LogP contribution in [-0.4, -0.2) is 26.5 Å². The van der Waals surface area contributed by atoms with Gasteiger partial charge in [-0.2, -0.15) is 5.10 Å². The molecule has 3 rings (SSSR count). The Morgan fingerprint density at radius 1 is 1.36 bits per heavy atom. The summed E-state index contributed by atoms with van der Waals surface area (Å²) in [6.45, 7) is 0. The van der Waals surface area contributed by atoms with Crippen LogP contribution in [0, 0.1) is 0 Å². The van der Waals surface area contributed by atoms with Crippen LogP contribution in [0.3, 0.4) is 0 Å². The van der Waals surface area contributed by atoms with E-state index in [0.29, 0.717) is 17.2 Å². The number of pyridine rings is 1. The summed E-state index contributed by atoms with van der Waals surface area (Å²) in [5.74, 6) is -0.151. The van der Waals surface area contributed by atoms with Crippen molar-refractivity contribution in [2.75, 3.05) is 5.32 Å². The molecule has 0 aromatic carbocycles. The van der Waals surface area contributed by atoms with E-state index in [9.17, 15) is 9.59 Å². The number of aromatic nitrogens is 3. The number of allylic oxidation sites excluding steroid dienone is 1. The van der Waals surface area contributed by atoms with Gasteiger partial charge in [-0.1, -0.05) is 0 Å². The van der Waals surface area contributed by atoms with E-state index in [2.05, 4.69) is 15.4 Å². The van der Waals surface area contributed by atoms with Crippen molar-refractivity contribution in [3.8, 4) is 0 Å². The maximum atomic E-state index is 11.9. The highest BCUT2D eigenvalue weighted by Crippen LogP contribution is 2.41. The predicted molar refractivity (Wildman–Crippen MR) is 81.5 cm³/mol. The second kappa shape index (κ2) is 5.93. The van der Waals surface area contributed by atoms with Crippen LogP contribution in [0.2, 0.25) is 0 Å². The summed E-state index contributed by atoms with van der Waals surface area (Å²) in [5, 5.41) is 6.71. The molecule has 2 aromatic rings. The quantitative estimate of drug-likeness (QED) is 0.677. The van der Waals surface area contributed by atoms with Gasteiger partial charge in [-0.15, -0.1) is 0 Å². The summed E-state index contributed by atoms with van der Waals surface area (Å²) in [4.78, 5) is 28.1. The predicted octanol–water partition coefficient (Wildman–Crippen LogP) is 2.07. The first-order valence-corrected chi connectivity index (χ1v) is 7.10. The highest BCUT2D eigenvalue weighted by molar-refractivity contribution is 6.09. The number of carbonyl (C=O) groups is 2. The van der Waals surface area contributed by atoms with Gasteiger partial charge in [-0.3, -0.25) is 19.3 Å². The molecule has 112 valence electrons. The molecule has 0 spiro atoms. The van der Waals surface area contributed by atoms with E-state index >= 15 is 0 Å². The Morgan fingerprint density at radius 2 is 2.18 bits per heavy atom. The van der Waals surface area contributed by atoms with E-state index in [0.717, 1.165) is 18.5 Å². The molecule has 6 heteroatoms. The van der Waals surface area contributed by atoms with Gasteiger partial charge in [0.25, 0.3) is 0 Å². The Labute approximate surface area is 127 Å². The zero-order valence-electron chi connectivity index (χ0n) is 12.2. The molecule has 0 radical (unpaired) electrons. The molecule has 0 unspecified atom stereocenters. The fourth-order valence-corrected chi connectivity index (χ4v) is 2.18. The number of carbonyl (C=O) groups excluding carboxylic acids is 2. The van der Waals surface area contributed by atoms with Gasteiger partial charge in [-0.05, 0) is 31.1 Å². The van der Waals surface area contributed by atoms with Gasteiger partial charge in [0.2, 0.25) is 5.91 Å². The Kier molecular flexibility index (Phi) is 3.82. The van der Waals surface area contributed by atoms with Crippen molar-refractivity contribution in [1.82, 2.24) is 14.8 Å². The normalized spacial score (nSPS) is 14.2. The highest BCUT2D eigenvalue weighted by atomic mass is 16.1. The molecule has 22 heavy (non-hydrogen) atoms. The lowest BCUT2D eigenvalue weighted by molar-refractivity contribution is -0.111. The third kappa shape index (κ3) is 3.28. The van der Waals surface area contributed by atoms with Crippen LogP contribution in [0.25, 0.3) is 0 Å². The molecule has 0 saturated heterocycles. The monoisotopic (exact) mass is 296 g/mol. The van der Waals surface area contributed by atoms with Gasteiger partial charge in [0.05, 0.1) is 23.1 Å². The third-order valence-electron chi connectivity index (χ3n) is 3.44. The fraction of sp³-hybridized carbons (Fsp3) is 0.250. The zero-order chi connectivity index (χ0) is 15.5. The van der Waals surface area contributed by atoms with Crippen LogP contribution in [0.1, 0.15) is 34.8 Å². The summed E-state index contributed by atoms with van der Waals surface area (Å²) in [6, 6.07) is 3.61. The molecule has 2 heterocycles. The minimum Gasteiger partial charge on any atom is -0.321 e. The van der Waals surface area contributed by atoms with Crippen molar-refractivity contribution in [2.45, 2.75) is 18.8 Å². The number of amides is 1. The number of aryl methyl sites for hydroxylation is 1. The van der Waals surface area contributed by atoms with Crippen LogP contribution < -0.4 is 5.32 Å². The van der Waals surface area contributed by atoms with E-state index in [1.54, 1.807) is 30.2 Å². The minimum absolute atomic E-state index is 0.253. The molecule has 1 fully saturated rings. The van der Waals surface area contributed by atoms with Crippen LogP contribution >= 0.6 is 0 Å². The molecular formula is C16H16N4O2. The van der Waals surface area contributed by atoms with Crippen molar-refractivity contribution in [2.24, 2.45) is 7.05 Å². The Morgan fingerprint density at radius 3 is 2.86 bits per heavy atom. The maximum absolute atomic E-state index is 11.9. The molecule has 1 aliphatic rings. The van der Waals surface area contributed by atoms with Gasteiger partial charge in [-0.25, -0.2) is 0 Å². The number of rotatable bonds is 5. The standard InChI is InChI=1S/C16H16N4O2/c1-20-10-12(9-18-20)14(21)6-7-15(22)19-13-3-2-8-17-16(13)11-4-5-11/h2-3,6-11H,4-5H2,1H3,(H,19,22)/b7-6+. The van der Waals surface area contributed by atoms with Gasteiger partial charge >= 0.3 is 0 Å². The summed E-state index contributed by atoms with van der Waals surface area (Å²) >= 11 is 0. The first-order valence-electron chi connectivity index (χ1n) is 7.10. The molecule has 1 saturated carbocycles. The van der Waals surface area contributed by atoms with E-state index in [1.807, 2.05) is 6.07 Å². The molecule has 0 bridgehead atoms. The van der Waals surface area contributed by atoms with Gasteiger partial charge in [0.15, 0.2) is 5.78 Å². The van der Waals surface area contributed by atoms with Crippen LogP contribution in [-0.2, 0) is 11.8 Å². The van der Waals surface area contributed by atoms with E-state index in [-0.39, 0.29) is 11.7 Å². The average Bonchev–Trinajstić information content (AvgIpc) is 3.26. The van der Waals surface area contributed by atoms with Gasteiger partial charge in [0.1, 0.15) is 0 Å². The van der Waals surface area contributed by atoms with Crippen molar-refractivity contribution >= 4 is 17.4 Å². The highest BCUT2D eigenvalue weighted by Gasteiger charge is 2.27. The largest absolute Gasteiger partial charge is 0.321 e. The van der Waals surface area contributed by atoms with E-state index in [4.69, 9.17) is 0 Å². The molecule has 0 aliphatic heterocycles. The lowest BCUT2D eigenvalue weighted by atomic mass is 10.2. The minimum atomic E-state index is -0.341. The number of nitrogens with zero attached hydrogens (tertiary/aromatic N) is 3. The molecule has 0 atom stereocenters. The second-order valence-corrected chi connectivity index (χ2v) is 5.30. The summed E-state index contributed by atoms with van der Waals surface area (Å²) < 4.78 is 1.54. The topological polar surface area (TPSA) is 76.9 Å². The number of nitrogens with one attached hydrogen (secondary N) is 1. The van der Waals surface area contributed by atoms with E-state index < -0.39 is 0 Å². The summed E-state index contributed by atoms with van der Waals surface area (Å²) in [5.41, 5.74) is 2.09. The Hall–Kier alpha value is -2.76. The average molecular weight is 296 g/mol. The lowest BCUT2D eigenvalue weighted by Crippen LogP contribution is -2.11. The Bertz CT molecular complexity index is 744. The van der Waals surface area contributed by atoms with Gasteiger partial charge < -0.3 is 5.32 Å². The molecule has 2 aromatic heterocycles. The lowest BCUT2D eigenvalue weighted by Gasteiger charge is -2.07. The first-order chi connectivity index (χ1) is 10.6. The van der Waals surface area contributed by atoms with Crippen molar-refractivity contribution in [1.29, 1.82) is 0 Å². The molecule has 1 N–H and O–H groups in total. The fourth-order valence-electron chi connectivity index (χ4n) is 2.18. The number of anilines is 1. The molecule has 6 nitrogen and oxygen atoms in total. The SMILES string of the molecule is Cn1cc(C(=O)/C=C/C(=O)Nc2cccnc2C2CC2)cn1. The van der Waals surface area contributed by atoms with Crippen LogP contribution in [0.4, 0.5) is 5.69 Å². The third-order valence-corrected chi connectivity index (χ3v) is 3.44. The van der Waals surface area contributed by atoms with Gasteiger partial charge in [0, 0.05) is 31.4 Å². The molecular weight excluding hydrogens is 280 g/mol. The maximum Gasteiger partial charge on any atom is 0.248 e. The summed E-state index contributed by atoms with van der Waals surface area (Å²) in [7, 11) is 1.73. The van der Waals surface area contributed by atoms with Crippen LogP contribution in [0.5, 0.6) is 0 Å². The van der Waals surface area contributed by atoms with Crippen molar-refractivity contribution < 1.29 is 9.59 Å². The first kappa shape index (κ1) is 14.2. The van der Waals surface area contributed by atoms with Crippen molar-refractivity contribution in [3.05, 3.63) is 54.1 Å². The number of ketones is 1. The number of hydrogen-bond acceptors (Lipinski definition) is 4. The smallest absolute Gasteiger partial charge is 0.248 e. The van der Waals surface area contributed by atoms with Crippen LogP contribution in [0.15, 0.2) is 42.9 Å². The number of hydrogen-bond donors (Lipinski definition) is 1. The summed E-state index contributed by atoms with van der Waals surface area (Å²) in [6.07, 6.45) is 9.50. The molecule has 1 aliphatic carbocycles. The Balaban J connectivity index is 1.65. The second-order valence-electron chi connectivity index (χ2n) is 5.30. The van der Waals surface area contributed by atoms with E-state index in [1.165, 1.54) is 18.3 Å². The molecule has 1 amide bonds. The zero-order valence-corrected chi connectivity index (χ0v) is 12.2.